The number of ether oxygens (including phenoxy) is 1. The number of ketones is 1. The third-order valence-electron chi connectivity index (χ3n) is 3.04. The molecule has 1 aromatic carbocycles. The molecule has 5 heteroatoms. The highest BCUT2D eigenvalue weighted by atomic mass is 32.1. The highest BCUT2D eigenvalue weighted by Gasteiger charge is 2.21. The number of anilines is 1. The van der Waals surface area contributed by atoms with Gasteiger partial charge in [0.1, 0.15) is 12.4 Å². The van der Waals surface area contributed by atoms with E-state index in [2.05, 4.69) is 5.32 Å². The van der Waals surface area contributed by atoms with Gasteiger partial charge in [-0.15, -0.1) is 11.3 Å². The van der Waals surface area contributed by atoms with Crippen LogP contribution in [-0.4, -0.2) is 18.3 Å². The Labute approximate surface area is 134 Å². The van der Waals surface area contributed by atoms with Crippen molar-refractivity contribution in [3.8, 4) is 5.75 Å². The summed E-state index contributed by atoms with van der Waals surface area (Å²) in [6, 6.07) is 10.6. The van der Waals surface area contributed by atoms with Crippen molar-refractivity contribution in [2.45, 2.75) is 20.8 Å². The molecule has 0 radical (unpaired) electrons. The van der Waals surface area contributed by atoms with Crippen molar-refractivity contribution in [2.75, 3.05) is 11.9 Å². The molecular formula is C17H19NO3S. The van der Waals surface area contributed by atoms with Gasteiger partial charge in [-0.25, -0.2) is 0 Å². The number of thiophene rings is 1. The number of rotatable bonds is 5. The first-order valence-electron chi connectivity index (χ1n) is 6.97. The van der Waals surface area contributed by atoms with Crippen LogP contribution in [-0.2, 0) is 4.79 Å². The Balaban J connectivity index is 1.98. The molecule has 0 atom stereocenters. The maximum absolute atomic E-state index is 12.0. The molecule has 1 amide bonds. The number of nitrogens with one attached hydrogen (secondary N) is 1. The molecule has 0 fully saturated rings. The third-order valence-corrected chi connectivity index (χ3v) is 3.91. The van der Waals surface area contributed by atoms with Gasteiger partial charge in [-0.05, 0) is 23.6 Å². The maximum atomic E-state index is 12.0. The lowest BCUT2D eigenvalue weighted by Crippen LogP contribution is -2.26. The number of hydrogen-bond donors (Lipinski definition) is 1. The van der Waals surface area contributed by atoms with E-state index in [4.69, 9.17) is 4.74 Å². The van der Waals surface area contributed by atoms with Gasteiger partial charge < -0.3 is 10.1 Å². The van der Waals surface area contributed by atoms with Crippen molar-refractivity contribution >= 4 is 28.7 Å². The van der Waals surface area contributed by atoms with Crippen LogP contribution in [0.4, 0.5) is 5.69 Å². The first-order valence-corrected chi connectivity index (χ1v) is 7.85. The second-order valence-electron chi connectivity index (χ2n) is 5.92. The standard InChI is InChI=1S/C17H19NO3S/c1-17(2,3)15(19)11-21-13-7-4-6-12(10-13)18-16(20)14-8-5-9-22-14/h4-10H,11H2,1-3H3,(H,18,20). The summed E-state index contributed by atoms with van der Waals surface area (Å²) in [6.45, 7) is 5.59. The van der Waals surface area contributed by atoms with E-state index in [0.29, 0.717) is 16.3 Å². The molecule has 4 nitrogen and oxygen atoms in total. The summed E-state index contributed by atoms with van der Waals surface area (Å²) in [7, 11) is 0. The van der Waals surface area contributed by atoms with E-state index < -0.39 is 5.41 Å². The summed E-state index contributed by atoms with van der Waals surface area (Å²) in [6.07, 6.45) is 0. The molecule has 0 saturated heterocycles. The van der Waals surface area contributed by atoms with Gasteiger partial charge in [0.05, 0.1) is 4.88 Å². The van der Waals surface area contributed by atoms with Crippen molar-refractivity contribution < 1.29 is 14.3 Å². The summed E-state index contributed by atoms with van der Waals surface area (Å²) in [4.78, 5) is 24.5. The van der Waals surface area contributed by atoms with Crippen LogP contribution in [0.3, 0.4) is 0 Å². The van der Waals surface area contributed by atoms with E-state index in [-0.39, 0.29) is 18.3 Å². The zero-order chi connectivity index (χ0) is 16.2. The molecule has 2 rings (SSSR count). The average molecular weight is 317 g/mol. The minimum atomic E-state index is -0.426. The monoisotopic (exact) mass is 317 g/mol. The largest absolute Gasteiger partial charge is 0.486 e. The molecule has 22 heavy (non-hydrogen) atoms. The van der Waals surface area contributed by atoms with Gasteiger partial charge in [0.2, 0.25) is 0 Å². The second-order valence-corrected chi connectivity index (χ2v) is 6.87. The second kappa shape index (κ2) is 6.75. The van der Waals surface area contributed by atoms with Crippen molar-refractivity contribution in [2.24, 2.45) is 5.41 Å². The molecule has 0 saturated carbocycles. The van der Waals surface area contributed by atoms with Gasteiger partial charge in [-0.3, -0.25) is 9.59 Å². The van der Waals surface area contributed by atoms with Crippen molar-refractivity contribution in [3.05, 3.63) is 46.7 Å². The number of benzene rings is 1. The highest BCUT2D eigenvalue weighted by Crippen LogP contribution is 2.21. The fraction of sp³-hybridized carbons (Fsp3) is 0.294. The van der Waals surface area contributed by atoms with Crippen molar-refractivity contribution in [3.63, 3.8) is 0 Å². The Morgan fingerprint density at radius 2 is 1.95 bits per heavy atom. The highest BCUT2D eigenvalue weighted by molar-refractivity contribution is 7.12. The Bertz CT molecular complexity index is 657. The predicted octanol–water partition coefficient (Wildman–Crippen LogP) is 3.99. The van der Waals surface area contributed by atoms with Gasteiger partial charge in [-0.2, -0.15) is 0 Å². The van der Waals surface area contributed by atoms with Crippen LogP contribution in [0.25, 0.3) is 0 Å². The summed E-state index contributed by atoms with van der Waals surface area (Å²) in [5, 5.41) is 4.66. The van der Waals surface area contributed by atoms with Crippen LogP contribution in [0.5, 0.6) is 5.75 Å². The van der Waals surface area contributed by atoms with Crippen molar-refractivity contribution in [1.29, 1.82) is 0 Å². The molecule has 0 bridgehead atoms. The summed E-state index contributed by atoms with van der Waals surface area (Å²) >= 11 is 1.38. The average Bonchev–Trinajstić information content (AvgIpc) is 2.98. The lowest BCUT2D eigenvalue weighted by atomic mass is 9.91. The van der Waals surface area contributed by atoms with E-state index in [1.165, 1.54) is 11.3 Å². The van der Waals surface area contributed by atoms with E-state index in [1.54, 1.807) is 30.3 Å². The molecule has 0 aliphatic carbocycles. The zero-order valence-electron chi connectivity index (χ0n) is 12.9. The molecule has 0 aliphatic heterocycles. The molecule has 0 aliphatic rings. The lowest BCUT2D eigenvalue weighted by Gasteiger charge is -2.17. The van der Waals surface area contributed by atoms with Gasteiger partial charge in [0.15, 0.2) is 5.78 Å². The molecule has 0 spiro atoms. The molecular weight excluding hydrogens is 298 g/mol. The third kappa shape index (κ3) is 4.43. The minimum Gasteiger partial charge on any atom is -0.486 e. The molecule has 1 N–H and O–H groups in total. The van der Waals surface area contributed by atoms with Crippen LogP contribution < -0.4 is 10.1 Å². The topological polar surface area (TPSA) is 55.4 Å². The number of amides is 1. The molecule has 1 aromatic heterocycles. The fourth-order valence-corrected chi connectivity index (χ4v) is 2.25. The molecule has 116 valence electrons. The van der Waals surface area contributed by atoms with Gasteiger partial charge >= 0.3 is 0 Å². The quantitative estimate of drug-likeness (QED) is 0.907. The van der Waals surface area contributed by atoms with E-state index >= 15 is 0 Å². The van der Waals surface area contributed by atoms with Crippen LogP contribution >= 0.6 is 11.3 Å². The Kier molecular flexibility index (Phi) is 4.98. The van der Waals surface area contributed by atoms with Crippen LogP contribution in [0.2, 0.25) is 0 Å². The fourth-order valence-electron chi connectivity index (χ4n) is 1.63. The summed E-state index contributed by atoms with van der Waals surface area (Å²) in [5.41, 5.74) is 0.212. The number of carbonyl (C=O) groups is 2. The van der Waals surface area contributed by atoms with Gasteiger partial charge in [-0.1, -0.05) is 32.9 Å². The smallest absolute Gasteiger partial charge is 0.265 e. The van der Waals surface area contributed by atoms with E-state index in [9.17, 15) is 9.59 Å². The predicted molar refractivity (Wildman–Crippen MR) is 88.7 cm³/mol. The Hall–Kier alpha value is -2.14. The maximum Gasteiger partial charge on any atom is 0.265 e. The van der Waals surface area contributed by atoms with E-state index in [0.717, 1.165) is 0 Å². The first kappa shape index (κ1) is 16.2. The zero-order valence-corrected chi connectivity index (χ0v) is 13.7. The summed E-state index contributed by atoms with van der Waals surface area (Å²) < 4.78 is 5.51. The Morgan fingerprint density at radius 3 is 2.59 bits per heavy atom. The van der Waals surface area contributed by atoms with Crippen LogP contribution in [0.1, 0.15) is 30.4 Å². The molecule has 1 heterocycles. The normalized spacial score (nSPS) is 11.0. The Morgan fingerprint density at radius 1 is 1.18 bits per heavy atom. The van der Waals surface area contributed by atoms with Gasteiger partial charge in [0.25, 0.3) is 5.91 Å². The number of hydrogen-bond acceptors (Lipinski definition) is 4. The van der Waals surface area contributed by atoms with E-state index in [1.807, 2.05) is 32.2 Å². The lowest BCUT2D eigenvalue weighted by molar-refractivity contribution is -0.128. The SMILES string of the molecule is CC(C)(C)C(=O)COc1cccc(NC(=O)c2cccs2)c1. The number of Topliss-reactive ketones (excluding diaryl/α,β-unsaturated/α-hetero) is 1. The summed E-state index contributed by atoms with van der Waals surface area (Å²) in [5.74, 6) is 0.431. The first-order chi connectivity index (χ1) is 10.4. The molecule has 0 unspecified atom stereocenters. The minimum absolute atomic E-state index is 0.0197. The number of carbonyl (C=O) groups excluding carboxylic acids is 2. The van der Waals surface area contributed by atoms with Gasteiger partial charge in [0, 0.05) is 17.2 Å². The van der Waals surface area contributed by atoms with Crippen molar-refractivity contribution in [1.82, 2.24) is 0 Å². The van der Waals surface area contributed by atoms with Crippen LogP contribution in [0.15, 0.2) is 41.8 Å². The molecule has 2 aromatic rings. The van der Waals surface area contributed by atoms with Crippen LogP contribution in [0, 0.1) is 5.41 Å².